The zero-order valence-electron chi connectivity index (χ0n) is 21.8. The number of fused-ring (bicyclic) bond motifs is 3. The lowest BCUT2D eigenvalue weighted by molar-refractivity contribution is -0.199. The number of aromatic hydroxyl groups is 1. The Hall–Kier alpha value is -3.40. The molecule has 3 fully saturated rings. The summed E-state index contributed by atoms with van der Waals surface area (Å²) < 4.78 is 5.79. The third-order valence-electron chi connectivity index (χ3n) is 9.41. The summed E-state index contributed by atoms with van der Waals surface area (Å²) in [5, 5.41) is 22.4. The lowest BCUT2D eigenvalue weighted by Crippen LogP contribution is -2.73. The average Bonchev–Trinajstić information content (AvgIpc) is 3.41. The molecule has 5 rings (SSSR count). The van der Waals surface area contributed by atoms with Crippen LogP contribution in [0, 0.1) is 29.6 Å². The second-order valence-corrected chi connectivity index (χ2v) is 11.4. The summed E-state index contributed by atoms with van der Waals surface area (Å²) >= 11 is 0. The van der Waals surface area contributed by atoms with E-state index in [1.807, 2.05) is 0 Å². The molecule has 7 atom stereocenters. The fourth-order valence-corrected chi connectivity index (χ4v) is 7.56. The number of phenolic OH excluding ortho intramolecular Hbond substituents is 1. The van der Waals surface area contributed by atoms with Crippen LogP contribution in [0.4, 0.5) is 0 Å². The fourth-order valence-electron chi connectivity index (χ4n) is 7.56. The van der Waals surface area contributed by atoms with Crippen molar-refractivity contribution >= 4 is 35.0 Å². The number of benzene rings is 1. The molecule has 3 saturated carbocycles. The van der Waals surface area contributed by atoms with E-state index in [-0.39, 0.29) is 17.7 Å². The Morgan fingerprint density at radius 1 is 1.08 bits per heavy atom. The van der Waals surface area contributed by atoms with Crippen molar-refractivity contribution in [1.29, 1.82) is 0 Å². The lowest BCUT2D eigenvalue weighted by atomic mass is 9.50. The minimum Gasteiger partial charge on any atom is -0.507 e. The predicted molar refractivity (Wildman–Crippen MR) is 134 cm³/mol. The van der Waals surface area contributed by atoms with Gasteiger partial charge in [-0.1, -0.05) is 44.7 Å². The van der Waals surface area contributed by atoms with Gasteiger partial charge in [0.1, 0.15) is 11.9 Å². The summed E-state index contributed by atoms with van der Waals surface area (Å²) in [5.41, 5.74) is 2.81. The summed E-state index contributed by atoms with van der Waals surface area (Å²) in [4.78, 5) is 78.9. The number of carbonyl (C=O) groups excluding carboxylic acids is 6. The maximum Gasteiger partial charge on any atom is 0.305 e. The summed E-state index contributed by atoms with van der Waals surface area (Å²) in [6.45, 7) is 1.55. The van der Waals surface area contributed by atoms with Gasteiger partial charge in [-0.15, -0.1) is 0 Å². The molecule has 0 saturated heterocycles. The number of hydrogen-bond acceptors (Lipinski definition) is 9. The van der Waals surface area contributed by atoms with E-state index < -0.39 is 82.7 Å². The molecule has 0 aliphatic heterocycles. The third-order valence-corrected chi connectivity index (χ3v) is 9.41. The SMILES string of the molecule is CCC(=O)O[C@H]1[C@H]2C(C(=O)c3c(O)cccc3[C@@H]2CCC2CCCC2)C(=O)[C@]2(O)C(=O)C(C(N)=O)C(=O)C[C@H]12. The summed E-state index contributed by atoms with van der Waals surface area (Å²) in [6.07, 6.45) is 3.65. The molecule has 0 spiro atoms. The largest absolute Gasteiger partial charge is 0.507 e. The van der Waals surface area contributed by atoms with E-state index in [2.05, 4.69) is 0 Å². The van der Waals surface area contributed by atoms with Crippen molar-refractivity contribution in [3.8, 4) is 5.75 Å². The van der Waals surface area contributed by atoms with E-state index >= 15 is 0 Å². The first kappa shape index (κ1) is 27.2. The van der Waals surface area contributed by atoms with E-state index in [9.17, 15) is 39.0 Å². The lowest BCUT2D eigenvalue weighted by Gasteiger charge is -2.54. The van der Waals surface area contributed by atoms with Crippen molar-refractivity contribution in [1.82, 2.24) is 0 Å². The Kier molecular flexibility index (Phi) is 6.95. The quantitative estimate of drug-likeness (QED) is 0.359. The van der Waals surface area contributed by atoms with Gasteiger partial charge in [-0.25, -0.2) is 0 Å². The highest BCUT2D eigenvalue weighted by molar-refractivity contribution is 6.31. The summed E-state index contributed by atoms with van der Waals surface area (Å²) in [5.74, 6) is -12.7. The number of aliphatic hydroxyl groups is 1. The Morgan fingerprint density at radius 3 is 2.41 bits per heavy atom. The Balaban J connectivity index is 1.68. The Bertz CT molecular complexity index is 1270. The van der Waals surface area contributed by atoms with Crippen molar-refractivity contribution in [2.24, 2.45) is 35.3 Å². The maximum absolute atomic E-state index is 14.1. The molecule has 208 valence electrons. The van der Waals surface area contributed by atoms with Crippen LogP contribution in [0.25, 0.3) is 0 Å². The van der Waals surface area contributed by atoms with Crippen molar-refractivity contribution in [3.63, 3.8) is 0 Å². The molecule has 1 aromatic rings. The molecule has 0 bridgehead atoms. The van der Waals surface area contributed by atoms with Crippen LogP contribution in [0.1, 0.15) is 80.1 Å². The molecule has 39 heavy (non-hydrogen) atoms. The molecular formula is C29H33NO9. The van der Waals surface area contributed by atoms with Crippen molar-refractivity contribution in [2.75, 3.05) is 0 Å². The molecule has 0 heterocycles. The molecule has 0 radical (unpaired) electrons. The van der Waals surface area contributed by atoms with E-state index in [1.165, 1.54) is 6.07 Å². The topological polar surface area (TPSA) is 178 Å². The monoisotopic (exact) mass is 539 g/mol. The number of carbonyl (C=O) groups is 6. The zero-order valence-corrected chi connectivity index (χ0v) is 21.8. The normalized spacial score (nSPS) is 34.3. The molecule has 1 amide bonds. The van der Waals surface area contributed by atoms with Gasteiger partial charge in [-0.3, -0.25) is 28.8 Å². The first-order valence-corrected chi connectivity index (χ1v) is 13.7. The van der Waals surface area contributed by atoms with Gasteiger partial charge in [0, 0.05) is 24.7 Å². The molecular weight excluding hydrogens is 506 g/mol. The van der Waals surface area contributed by atoms with Crippen molar-refractivity contribution in [2.45, 2.75) is 75.9 Å². The minimum atomic E-state index is -2.93. The Morgan fingerprint density at radius 2 is 1.77 bits per heavy atom. The van der Waals surface area contributed by atoms with Crippen LogP contribution in [-0.4, -0.2) is 56.9 Å². The number of primary amides is 1. The van der Waals surface area contributed by atoms with Gasteiger partial charge in [-0.05, 0) is 36.3 Å². The van der Waals surface area contributed by atoms with Crippen LogP contribution < -0.4 is 5.73 Å². The third kappa shape index (κ3) is 4.11. The second-order valence-electron chi connectivity index (χ2n) is 11.4. The highest BCUT2D eigenvalue weighted by atomic mass is 16.5. The number of ketones is 4. The van der Waals surface area contributed by atoms with E-state index in [0.717, 1.165) is 32.1 Å². The van der Waals surface area contributed by atoms with E-state index in [1.54, 1.807) is 19.1 Å². The van der Waals surface area contributed by atoms with Crippen LogP contribution in [0.5, 0.6) is 5.75 Å². The first-order valence-electron chi connectivity index (χ1n) is 13.7. The minimum absolute atomic E-state index is 0.0584. The van der Waals surface area contributed by atoms with Gasteiger partial charge in [0.15, 0.2) is 34.7 Å². The van der Waals surface area contributed by atoms with Gasteiger partial charge in [0.05, 0.1) is 11.5 Å². The smallest absolute Gasteiger partial charge is 0.305 e. The van der Waals surface area contributed by atoms with Gasteiger partial charge >= 0.3 is 5.97 Å². The predicted octanol–water partition coefficient (Wildman–Crippen LogP) is 1.77. The number of esters is 1. The number of amides is 1. The average molecular weight is 540 g/mol. The highest BCUT2D eigenvalue weighted by Gasteiger charge is 2.71. The number of rotatable bonds is 6. The number of nitrogens with two attached hydrogens (primary N) is 1. The molecule has 4 N–H and O–H groups in total. The zero-order chi connectivity index (χ0) is 28.2. The van der Waals surface area contributed by atoms with E-state index in [4.69, 9.17) is 10.5 Å². The Labute approximate surface area is 225 Å². The van der Waals surface area contributed by atoms with Crippen molar-refractivity contribution in [3.05, 3.63) is 29.3 Å². The van der Waals surface area contributed by atoms with Crippen molar-refractivity contribution < 1.29 is 43.7 Å². The molecule has 0 aromatic heterocycles. The fraction of sp³-hybridized carbons (Fsp3) is 0.586. The molecule has 4 aliphatic rings. The number of phenols is 1. The van der Waals surface area contributed by atoms with Gasteiger partial charge < -0.3 is 20.7 Å². The maximum atomic E-state index is 14.1. The molecule has 2 unspecified atom stereocenters. The standard InChI is InChI=1S/C29H33NO9/c1-2-19(33)39-25-16-12-18(32)22(28(30)37)26(35)29(16,38)27(36)23-21(25)15(11-10-13-6-3-4-7-13)14-8-5-9-17(31)20(14)24(23)34/h5,8-9,13,15-16,21-23,25,31,38H,2-4,6-7,10-12H2,1H3,(H2,30,37)/t15-,16+,21+,22?,23?,25+,29+/m0/s1. The summed E-state index contributed by atoms with van der Waals surface area (Å²) in [7, 11) is 0. The highest BCUT2D eigenvalue weighted by Crippen LogP contribution is 2.56. The van der Waals surface area contributed by atoms with Crippen LogP contribution >= 0.6 is 0 Å². The van der Waals surface area contributed by atoms with Gasteiger partial charge in [0.2, 0.25) is 5.91 Å². The van der Waals surface area contributed by atoms with Crippen LogP contribution in [-0.2, 0) is 28.7 Å². The molecule has 10 nitrogen and oxygen atoms in total. The number of ether oxygens (including phenoxy) is 1. The van der Waals surface area contributed by atoms with Crippen LogP contribution in [0.2, 0.25) is 0 Å². The summed E-state index contributed by atoms with van der Waals surface area (Å²) in [6, 6.07) is 4.63. The van der Waals surface area contributed by atoms with Gasteiger partial charge in [-0.2, -0.15) is 0 Å². The van der Waals surface area contributed by atoms with Gasteiger partial charge in [0.25, 0.3) is 0 Å². The van der Waals surface area contributed by atoms with E-state index in [0.29, 0.717) is 17.9 Å². The molecule has 4 aliphatic carbocycles. The van der Waals surface area contributed by atoms with Crippen LogP contribution in [0.3, 0.4) is 0 Å². The first-order chi connectivity index (χ1) is 18.5. The molecule has 10 heteroatoms. The number of hydrogen-bond donors (Lipinski definition) is 3. The second kappa shape index (κ2) is 9.97. The molecule has 1 aromatic carbocycles. The van der Waals surface area contributed by atoms with Crippen LogP contribution in [0.15, 0.2) is 18.2 Å². The number of Topliss-reactive ketones (excluding diaryl/α,β-unsaturated/α-hetero) is 4.